The molecule has 0 saturated heterocycles. The Kier molecular flexibility index (Phi) is 4.95. The second kappa shape index (κ2) is 6.53. The molecular weight excluding hydrogens is 317 g/mol. The first-order chi connectivity index (χ1) is 9.92. The van der Waals surface area contributed by atoms with E-state index in [-0.39, 0.29) is 23.1 Å². The molecule has 2 N–H and O–H groups in total. The summed E-state index contributed by atoms with van der Waals surface area (Å²) in [5, 5.41) is 9.18. The Labute approximate surface area is 127 Å². The van der Waals surface area contributed by atoms with Crippen LogP contribution in [0.3, 0.4) is 0 Å². The summed E-state index contributed by atoms with van der Waals surface area (Å²) in [5.41, 5.74) is 0.956. The van der Waals surface area contributed by atoms with Crippen LogP contribution in [-0.2, 0) is 23.2 Å². The van der Waals surface area contributed by atoms with Crippen molar-refractivity contribution in [3.63, 3.8) is 0 Å². The largest absolute Gasteiger partial charge is 0.392 e. The van der Waals surface area contributed by atoms with E-state index in [9.17, 15) is 12.8 Å². The molecular formula is C14H13ClFNO3S. The molecule has 2 aromatic carbocycles. The average Bonchev–Trinajstić information content (AvgIpc) is 2.45. The van der Waals surface area contributed by atoms with Gasteiger partial charge in [0.25, 0.3) is 0 Å². The first kappa shape index (κ1) is 15.9. The van der Waals surface area contributed by atoms with E-state index in [2.05, 4.69) is 4.72 Å². The van der Waals surface area contributed by atoms with Crippen LogP contribution >= 0.6 is 11.6 Å². The quantitative estimate of drug-likeness (QED) is 0.885. The van der Waals surface area contributed by atoms with Gasteiger partial charge in [-0.3, -0.25) is 0 Å². The molecule has 4 nitrogen and oxygen atoms in total. The van der Waals surface area contributed by atoms with E-state index in [1.54, 1.807) is 6.07 Å². The molecule has 0 saturated carbocycles. The van der Waals surface area contributed by atoms with Crippen molar-refractivity contribution in [3.05, 3.63) is 64.4 Å². The maximum absolute atomic E-state index is 13.0. The third-order valence-electron chi connectivity index (χ3n) is 2.86. The van der Waals surface area contributed by atoms with Gasteiger partial charge < -0.3 is 5.11 Å². The minimum atomic E-state index is -3.76. The van der Waals surface area contributed by atoms with Crippen molar-refractivity contribution >= 4 is 21.6 Å². The molecule has 0 spiro atoms. The van der Waals surface area contributed by atoms with Gasteiger partial charge in [-0.2, -0.15) is 0 Å². The van der Waals surface area contributed by atoms with E-state index < -0.39 is 15.8 Å². The van der Waals surface area contributed by atoms with E-state index in [1.165, 1.54) is 36.4 Å². The summed E-state index contributed by atoms with van der Waals surface area (Å²) in [4.78, 5) is -0.0129. The lowest BCUT2D eigenvalue weighted by molar-refractivity contribution is 0.282. The molecule has 0 aromatic heterocycles. The van der Waals surface area contributed by atoms with Gasteiger partial charge in [-0.05, 0) is 35.4 Å². The predicted octanol–water partition coefficient (Wildman–Crippen LogP) is 2.45. The third-order valence-corrected chi connectivity index (χ3v) is 4.61. The molecule has 0 amide bonds. The van der Waals surface area contributed by atoms with Gasteiger partial charge in [0.15, 0.2) is 0 Å². The lowest BCUT2D eigenvalue weighted by Gasteiger charge is -2.09. The van der Waals surface area contributed by atoms with Crippen molar-refractivity contribution in [2.45, 2.75) is 18.0 Å². The Morgan fingerprint density at radius 1 is 1.19 bits per heavy atom. The zero-order valence-corrected chi connectivity index (χ0v) is 12.5. The standard InChI is InChI=1S/C14H13ClFNO3S/c15-14-7-13(5-4-11(14)9-18)21(19,20)17-8-10-2-1-3-12(16)6-10/h1-7,17-18H,8-9H2. The van der Waals surface area contributed by atoms with Crippen molar-refractivity contribution in [3.8, 4) is 0 Å². The van der Waals surface area contributed by atoms with Gasteiger partial charge in [0.2, 0.25) is 10.0 Å². The van der Waals surface area contributed by atoms with Crippen LogP contribution in [0.4, 0.5) is 4.39 Å². The molecule has 2 rings (SSSR count). The predicted molar refractivity (Wildman–Crippen MR) is 77.8 cm³/mol. The minimum absolute atomic E-state index is 0.0129. The molecule has 0 aliphatic carbocycles. The molecule has 0 radical (unpaired) electrons. The highest BCUT2D eigenvalue weighted by molar-refractivity contribution is 7.89. The van der Waals surface area contributed by atoms with E-state index in [4.69, 9.17) is 16.7 Å². The highest BCUT2D eigenvalue weighted by atomic mass is 35.5. The first-order valence-electron chi connectivity index (χ1n) is 6.06. The van der Waals surface area contributed by atoms with Crippen LogP contribution in [-0.4, -0.2) is 13.5 Å². The SMILES string of the molecule is O=S(=O)(NCc1cccc(F)c1)c1ccc(CO)c(Cl)c1. The molecule has 2 aromatic rings. The van der Waals surface area contributed by atoms with Crippen LogP contribution in [0.25, 0.3) is 0 Å². The van der Waals surface area contributed by atoms with Gasteiger partial charge >= 0.3 is 0 Å². The van der Waals surface area contributed by atoms with Crippen LogP contribution in [0.2, 0.25) is 5.02 Å². The van der Waals surface area contributed by atoms with Crippen LogP contribution in [0, 0.1) is 5.82 Å². The average molecular weight is 330 g/mol. The molecule has 21 heavy (non-hydrogen) atoms. The van der Waals surface area contributed by atoms with Crippen molar-refractivity contribution < 1.29 is 17.9 Å². The van der Waals surface area contributed by atoms with Crippen LogP contribution < -0.4 is 4.72 Å². The van der Waals surface area contributed by atoms with Crippen molar-refractivity contribution in [2.24, 2.45) is 0 Å². The Hall–Kier alpha value is -1.47. The van der Waals surface area contributed by atoms with E-state index in [0.29, 0.717) is 11.1 Å². The van der Waals surface area contributed by atoms with Crippen LogP contribution in [0.5, 0.6) is 0 Å². The summed E-state index contributed by atoms with van der Waals surface area (Å²) in [6, 6.07) is 9.72. The Bertz CT molecular complexity index is 750. The third kappa shape index (κ3) is 4.01. The summed E-state index contributed by atoms with van der Waals surface area (Å²) in [7, 11) is -3.76. The Morgan fingerprint density at radius 2 is 1.95 bits per heavy atom. The first-order valence-corrected chi connectivity index (χ1v) is 7.92. The van der Waals surface area contributed by atoms with Crippen LogP contribution in [0.1, 0.15) is 11.1 Å². The van der Waals surface area contributed by atoms with Gasteiger partial charge in [-0.15, -0.1) is 0 Å². The monoisotopic (exact) mass is 329 g/mol. The van der Waals surface area contributed by atoms with Crippen molar-refractivity contribution in [1.82, 2.24) is 4.72 Å². The smallest absolute Gasteiger partial charge is 0.240 e. The van der Waals surface area contributed by atoms with Crippen molar-refractivity contribution in [2.75, 3.05) is 0 Å². The van der Waals surface area contributed by atoms with E-state index in [0.717, 1.165) is 0 Å². The molecule has 0 aliphatic rings. The molecule has 0 heterocycles. The number of hydrogen-bond acceptors (Lipinski definition) is 3. The molecule has 0 fully saturated rings. The molecule has 0 unspecified atom stereocenters. The van der Waals surface area contributed by atoms with Gasteiger partial charge in [0.05, 0.1) is 11.5 Å². The zero-order chi connectivity index (χ0) is 15.5. The Balaban J connectivity index is 2.17. The maximum atomic E-state index is 13.0. The van der Waals surface area contributed by atoms with Gasteiger partial charge in [0.1, 0.15) is 5.82 Å². The molecule has 0 atom stereocenters. The fourth-order valence-electron chi connectivity index (χ4n) is 1.73. The summed E-state index contributed by atoms with van der Waals surface area (Å²) >= 11 is 5.87. The van der Waals surface area contributed by atoms with Crippen LogP contribution in [0.15, 0.2) is 47.4 Å². The highest BCUT2D eigenvalue weighted by Crippen LogP contribution is 2.21. The number of sulfonamides is 1. The number of benzene rings is 2. The fourth-order valence-corrected chi connectivity index (χ4v) is 3.08. The normalized spacial score (nSPS) is 11.6. The topological polar surface area (TPSA) is 66.4 Å². The summed E-state index contributed by atoms with van der Waals surface area (Å²) in [6.07, 6.45) is 0. The number of nitrogens with one attached hydrogen (secondary N) is 1. The number of rotatable bonds is 5. The van der Waals surface area contributed by atoms with Gasteiger partial charge in [0, 0.05) is 11.6 Å². The lowest BCUT2D eigenvalue weighted by Crippen LogP contribution is -2.23. The number of aliphatic hydroxyl groups excluding tert-OH is 1. The summed E-state index contributed by atoms with van der Waals surface area (Å²) in [6.45, 7) is -0.296. The highest BCUT2D eigenvalue weighted by Gasteiger charge is 2.15. The molecule has 112 valence electrons. The minimum Gasteiger partial charge on any atom is -0.392 e. The molecule has 7 heteroatoms. The maximum Gasteiger partial charge on any atom is 0.240 e. The number of hydrogen-bond donors (Lipinski definition) is 2. The van der Waals surface area contributed by atoms with Crippen molar-refractivity contribution in [1.29, 1.82) is 0 Å². The molecule has 0 bridgehead atoms. The fraction of sp³-hybridized carbons (Fsp3) is 0.143. The van der Waals surface area contributed by atoms with E-state index in [1.807, 2.05) is 0 Å². The zero-order valence-electron chi connectivity index (χ0n) is 10.9. The summed E-state index contributed by atoms with van der Waals surface area (Å²) in [5.74, 6) is -0.429. The Morgan fingerprint density at radius 3 is 2.57 bits per heavy atom. The summed E-state index contributed by atoms with van der Waals surface area (Å²) < 4.78 is 39.6. The second-order valence-electron chi connectivity index (χ2n) is 4.37. The van der Waals surface area contributed by atoms with Gasteiger partial charge in [-0.1, -0.05) is 29.8 Å². The number of halogens is 2. The molecule has 0 aliphatic heterocycles. The van der Waals surface area contributed by atoms with Gasteiger partial charge in [-0.25, -0.2) is 17.5 Å². The van der Waals surface area contributed by atoms with E-state index >= 15 is 0 Å². The lowest BCUT2D eigenvalue weighted by atomic mass is 10.2. The second-order valence-corrected chi connectivity index (χ2v) is 6.54. The number of aliphatic hydroxyl groups is 1.